The number of nitrogens with two attached hydrogens (primary N) is 1. The summed E-state index contributed by atoms with van der Waals surface area (Å²) in [6.45, 7) is 6.30. The standard InChI is InChI=1S/C12H18NOSi/c1-9(12(2,3)14-15)7-10-5-4-6-11(13)8-10/h4-6,8-9H,7,13H2,1-3H3. The first kappa shape index (κ1) is 12.3. The van der Waals surface area contributed by atoms with Gasteiger partial charge in [0.2, 0.25) is 10.5 Å². The molecule has 0 aromatic heterocycles. The summed E-state index contributed by atoms with van der Waals surface area (Å²) in [6, 6.07) is 8.00. The molecule has 0 spiro atoms. The highest BCUT2D eigenvalue weighted by molar-refractivity contribution is 5.98. The van der Waals surface area contributed by atoms with Crippen LogP contribution in [0.2, 0.25) is 0 Å². The van der Waals surface area contributed by atoms with Gasteiger partial charge in [-0.05, 0) is 43.9 Å². The Morgan fingerprint density at radius 3 is 2.67 bits per heavy atom. The highest BCUT2D eigenvalue weighted by atomic mass is 28.2. The van der Waals surface area contributed by atoms with Crippen molar-refractivity contribution in [2.45, 2.75) is 32.8 Å². The molecule has 0 saturated carbocycles. The van der Waals surface area contributed by atoms with E-state index in [1.54, 1.807) is 0 Å². The molecule has 0 aliphatic heterocycles. The summed E-state index contributed by atoms with van der Waals surface area (Å²) >= 11 is 0. The van der Waals surface area contributed by atoms with E-state index in [-0.39, 0.29) is 5.60 Å². The summed E-state index contributed by atoms with van der Waals surface area (Å²) in [6.07, 6.45) is 0.961. The van der Waals surface area contributed by atoms with Gasteiger partial charge in [-0.1, -0.05) is 19.1 Å². The van der Waals surface area contributed by atoms with E-state index in [1.807, 2.05) is 18.2 Å². The topological polar surface area (TPSA) is 35.2 Å². The molecule has 3 heteroatoms. The van der Waals surface area contributed by atoms with Crippen LogP contribution in [0.4, 0.5) is 5.69 Å². The van der Waals surface area contributed by atoms with E-state index < -0.39 is 0 Å². The van der Waals surface area contributed by atoms with Crippen LogP contribution in [0.15, 0.2) is 24.3 Å². The minimum atomic E-state index is -0.179. The van der Waals surface area contributed by atoms with Crippen molar-refractivity contribution in [3.8, 4) is 0 Å². The Kier molecular flexibility index (Phi) is 3.94. The summed E-state index contributed by atoms with van der Waals surface area (Å²) in [5, 5.41) is 0. The van der Waals surface area contributed by atoms with Gasteiger partial charge in [0, 0.05) is 5.69 Å². The molecule has 0 fully saturated rings. The van der Waals surface area contributed by atoms with Gasteiger partial charge >= 0.3 is 0 Å². The lowest BCUT2D eigenvalue weighted by Gasteiger charge is -2.30. The van der Waals surface area contributed by atoms with Crippen LogP contribution in [-0.2, 0) is 10.8 Å². The number of benzene rings is 1. The molecule has 1 aromatic carbocycles. The summed E-state index contributed by atoms with van der Waals surface area (Å²) < 4.78 is 5.28. The normalized spacial score (nSPS) is 13.9. The van der Waals surface area contributed by atoms with Crippen molar-refractivity contribution in [2.75, 3.05) is 5.73 Å². The predicted octanol–water partition coefficient (Wildman–Crippen LogP) is 2.33. The zero-order valence-corrected chi connectivity index (χ0v) is 10.6. The van der Waals surface area contributed by atoms with E-state index >= 15 is 0 Å². The van der Waals surface area contributed by atoms with Gasteiger partial charge in [0.25, 0.3) is 0 Å². The molecule has 1 unspecified atom stereocenters. The Hall–Kier alpha value is -0.803. The zero-order valence-electron chi connectivity index (χ0n) is 9.58. The summed E-state index contributed by atoms with van der Waals surface area (Å²) in [7, 11) is 3.12. The number of hydrogen-bond donors (Lipinski definition) is 1. The van der Waals surface area contributed by atoms with Crippen molar-refractivity contribution in [1.29, 1.82) is 0 Å². The van der Waals surface area contributed by atoms with Crippen LogP contribution >= 0.6 is 0 Å². The van der Waals surface area contributed by atoms with Gasteiger partial charge in [-0.2, -0.15) is 0 Å². The lowest BCUT2D eigenvalue weighted by atomic mass is 9.87. The number of anilines is 1. The second-order valence-corrected chi connectivity index (χ2v) is 4.76. The minimum absolute atomic E-state index is 0.179. The molecule has 3 radical (unpaired) electrons. The third-order valence-corrected chi connectivity index (χ3v) is 3.47. The lowest BCUT2D eigenvalue weighted by Crippen LogP contribution is -2.33. The van der Waals surface area contributed by atoms with Crippen molar-refractivity contribution in [3.05, 3.63) is 29.8 Å². The largest absolute Gasteiger partial charge is 0.413 e. The first-order valence-corrected chi connectivity index (χ1v) is 5.55. The molecule has 1 aromatic rings. The van der Waals surface area contributed by atoms with Gasteiger partial charge < -0.3 is 10.2 Å². The Labute approximate surface area is 95.4 Å². The molecule has 81 valence electrons. The second kappa shape index (κ2) is 4.81. The molecule has 2 N–H and O–H groups in total. The van der Waals surface area contributed by atoms with Crippen molar-refractivity contribution < 1.29 is 4.43 Å². The van der Waals surface area contributed by atoms with Gasteiger partial charge in [-0.15, -0.1) is 0 Å². The van der Waals surface area contributed by atoms with Gasteiger partial charge in [-0.25, -0.2) is 0 Å². The van der Waals surface area contributed by atoms with Crippen molar-refractivity contribution in [3.63, 3.8) is 0 Å². The highest BCUT2D eigenvalue weighted by Gasteiger charge is 2.24. The monoisotopic (exact) mass is 220 g/mol. The molecule has 2 nitrogen and oxygen atoms in total. The van der Waals surface area contributed by atoms with E-state index in [0.29, 0.717) is 5.92 Å². The Morgan fingerprint density at radius 2 is 2.13 bits per heavy atom. The molecule has 1 atom stereocenters. The van der Waals surface area contributed by atoms with Crippen LogP contribution in [0.3, 0.4) is 0 Å². The predicted molar refractivity (Wildman–Crippen MR) is 64.6 cm³/mol. The maximum absolute atomic E-state index is 5.74. The molecule has 15 heavy (non-hydrogen) atoms. The fourth-order valence-electron chi connectivity index (χ4n) is 1.42. The van der Waals surface area contributed by atoms with Crippen LogP contribution in [0.1, 0.15) is 26.3 Å². The third kappa shape index (κ3) is 3.36. The van der Waals surface area contributed by atoms with Gasteiger partial charge in [0.05, 0.1) is 5.60 Å². The zero-order chi connectivity index (χ0) is 11.5. The van der Waals surface area contributed by atoms with Crippen LogP contribution < -0.4 is 5.73 Å². The SMILES string of the molecule is CC(Cc1cccc(N)c1)C(C)(C)O[Si]. The van der Waals surface area contributed by atoms with Crippen LogP contribution in [0.5, 0.6) is 0 Å². The van der Waals surface area contributed by atoms with E-state index in [1.165, 1.54) is 5.56 Å². The minimum Gasteiger partial charge on any atom is -0.413 e. The molecule has 0 amide bonds. The molecule has 1 rings (SSSR count). The summed E-state index contributed by atoms with van der Waals surface area (Å²) in [4.78, 5) is 0. The Bertz CT molecular complexity index is 325. The van der Waals surface area contributed by atoms with Crippen LogP contribution in [0.25, 0.3) is 0 Å². The maximum Gasteiger partial charge on any atom is 0.246 e. The molecular weight excluding hydrogens is 202 g/mol. The fraction of sp³-hybridized carbons (Fsp3) is 0.500. The van der Waals surface area contributed by atoms with E-state index in [0.717, 1.165) is 12.1 Å². The summed E-state index contributed by atoms with van der Waals surface area (Å²) in [5.41, 5.74) is 7.62. The smallest absolute Gasteiger partial charge is 0.246 e. The number of hydrogen-bond acceptors (Lipinski definition) is 2. The first-order valence-electron chi connectivity index (χ1n) is 5.15. The molecule has 0 saturated heterocycles. The summed E-state index contributed by atoms with van der Waals surface area (Å²) in [5.74, 6) is 0.414. The van der Waals surface area contributed by atoms with Crippen molar-refractivity contribution in [1.82, 2.24) is 0 Å². The van der Waals surface area contributed by atoms with Gasteiger partial charge in [0.1, 0.15) is 0 Å². The number of nitrogen functional groups attached to an aromatic ring is 1. The molecular formula is C12H18NOSi. The Balaban J connectivity index is 2.70. The van der Waals surface area contributed by atoms with E-state index in [9.17, 15) is 0 Å². The van der Waals surface area contributed by atoms with Crippen molar-refractivity contribution in [2.24, 2.45) is 5.92 Å². The van der Waals surface area contributed by atoms with Crippen LogP contribution in [0, 0.1) is 5.92 Å². The van der Waals surface area contributed by atoms with Crippen molar-refractivity contribution >= 4 is 16.2 Å². The molecule has 0 aliphatic rings. The molecule has 0 heterocycles. The lowest BCUT2D eigenvalue weighted by molar-refractivity contribution is 0.0619. The second-order valence-electron chi connectivity index (χ2n) is 4.56. The van der Waals surface area contributed by atoms with E-state index in [2.05, 4.69) is 37.3 Å². The molecule has 0 aliphatic carbocycles. The quantitative estimate of drug-likeness (QED) is 0.624. The average Bonchev–Trinajstić information content (AvgIpc) is 2.17. The maximum atomic E-state index is 5.74. The van der Waals surface area contributed by atoms with E-state index in [4.69, 9.17) is 10.2 Å². The van der Waals surface area contributed by atoms with Crippen LogP contribution in [-0.4, -0.2) is 16.1 Å². The third-order valence-electron chi connectivity index (χ3n) is 2.94. The average molecular weight is 220 g/mol. The molecule has 0 bridgehead atoms. The Morgan fingerprint density at radius 1 is 1.47 bits per heavy atom. The first-order chi connectivity index (χ1) is 6.95. The van der Waals surface area contributed by atoms with Gasteiger partial charge in [-0.3, -0.25) is 0 Å². The number of rotatable bonds is 4. The fourth-order valence-corrected chi connectivity index (χ4v) is 1.62. The highest BCUT2D eigenvalue weighted by Crippen LogP contribution is 2.24. The van der Waals surface area contributed by atoms with Gasteiger partial charge in [0.15, 0.2) is 0 Å².